The van der Waals surface area contributed by atoms with Crippen molar-refractivity contribution in [1.82, 2.24) is 19.7 Å². The third-order valence-corrected chi connectivity index (χ3v) is 4.68. The van der Waals surface area contributed by atoms with Gasteiger partial charge in [0.1, 0.15) is 5.69 Å². The second kappa shape index (κ2) is 11.2. The molecule has 7 heteroatoms. The second-order valence-corrected chi connectivity index (χ2v) is 6.71. The zero-order valence-corrected chi connectivity index (χ0v) is 15.7. The van der Waals surface area contributed by atoms with Crippen molar-refractivity contribution in [3.05, 3.63) is 36.0 Å². The maximum atomic E-state index is 12.5. The van der Waals surface area contributed by atoms with E-state index in [0.29, 0.717) is 31.9 Å². The number of aromatic nitrogens is 1. The van der Waals surface area contributed by atoms with Crippen molar-refractivity contribution < 1.29 is 15.0 Å². The van der Waals surface area contributed by atoms with Crippen molar-refractivity contribution >= 4 is 5.91 Å². The predicted molar refractivity (Wildman–Crippen MR) is 101 cm³/mol. The molecule has 1 radical (unpaired) electrons. The summed E-state index contributed by atoms with van der Waals surface area (Å²) in [7, 11) is 1.82. The summed E-state index contributed by atoms with van der Waals surface area (Å²) in [6.45, 7) is 5.42. The first-order valence-corrected chi connectivity index (χ1v) is 9.32. The van der Waals surface area contributed by atoms with Gasteiger partial charge in [-0.2, -0.15) is 0 Å². The highest BCUT2D eigenvalue weighted by atomic mass is 16.3. The van der Waals surface area contributed by atoms with Crippen LogP contribution in [-0.4, -0.2) is 95.3 Å². The Hall–Kier alpha value is -1.54. The number of hydrogen-bond donors (Lipinski definition) is 2. The average Bonchev–Trinajstić information content (AvgIpc) is 2.67. The van der Waals surface area contributed by atoms with Gasteiger partial charge in [0.15, 0.2) is 0 Å². The normalized spacial score (nSPS) is 15.4. The van der Waals surface area contributed by atoms with Crippen molar-refractivity contribution in [3.8, 4) is 0 Å². The number of likely N-dealkylation sites (tertiary alicyclic amines) is 1. The third kappa shape index (κ3) is 6.64. The molecule has 1 aliphatic heterocycles. The Morgan fingerprint density at radius 2 is 1.85 bits per heavy atom. The van der Waals surface area contributed by atoms with Crippen molar-refractivity contribution in [1.29, 1.82) is 0 Å². The highest BCUT2D eigenvalue weighted by Crippen LogP contribution is 2.09. The number of piperidine rings is 1. The summed E-state index contributed by atoms with van der Waals surface area (Å²) in [4.78, 5) is 22.9. The van der Waals surface area contributed by atoms with Gasteiger partial charge in [-0.1, -0.05) is 6.07 Å². The highest BCUT2D eigenvalue weighted by Gasteiger charge is 2.16. The number of likely N-dealkylation sites (N-methyl/N-ethyl adjacent to an activating group) is 1. The molecule has 26 heavy (non-hydrogen) atoms. The minimum atomic E-state index is -0.0669. The van der Waals surface area contributed by atoms with Crippen LogP contribution in [-0.2, 0) is 6.54 Å². The van der Waals surface area contributed by atoms with E-state index in [1.54, 1.807) is 17.2 Å². The molecule has 1 aromatic rings. The van der Waals surface area contributed by atoms with E-state index in [4.69, 9.17) is 10.2 Å². The van der Waals surface area contributed by atoms with Crippen molar-refractivity contribution in [2.45, 2.75) is 19.4 Å². The van der Waals surface area contributed by atoms with Gasteiger partial charge in [0, 0.05) is 46.0 Å². The van der Waals surface area contributed by atoms with Gasteiger partial charge in [-0.05, 0) is 44.0 Å². The highest BCUT2D eigenvalue weighted by molar-refractivity contribution is 5.92. The van der Waals surface area contributed by atoms with Crippen molar-refractivity contribution in [3.63, 3.8) is 0 Å². The number of nitrogens with zero attached hydrogens (tertiary/aromatic N) is 4. The molecule has 2 N–H and O–H groups in total. The summed E-state index contributed by atoms with van der Waals surface area (Å²) in [5.41, 5.74) is 1.40. The maximum Gasteiger partial charge on any atom is 0.272 e. The van der Waals surface area contributed by atoms with Gasteiger partial charge >= 0.3 is 0 Å². The maximum absolute atomic E-state index is 12.5. The number of amides is 1. The van der Waals surface area contributed by atoms with E-state index in [9.17, 15) is 4.79 Å². The molecule has 0 aromatic carbocycles. The number of aliphatic hydroxyl groups excluding tert-OH is 2. The molecule has 1 amide bonds. The van der Waals surface area contributed by atoms with Gasteiger partial charge in [-0.3, -0.25) is 14.7 Å². The lowest BCUT2D eigenvalue weighted by molar-refractivity contribution is 0.0770. The second-order valence-electron chi connectivity index (χ2n) is 6.71. The van der Waals surface area contributed by atoms with E-state index < -0.39 is 0 Å². The fraction of sp³-hybridized carbons (Fsp3) is 0.632. The van der Waals surface area contributed by atoms with Crippen LogP contribution >= 0.6 is 0 Å². The molecular weight excluding hydrogens is 332 g/mol. The zero-order chi connectivity index (χ0) is 18.8. The molecular formula is C19H31N4O3. The molecule has 0 unspecified atom stereocenters. The van der Waals surface area contributed by atoms with Crippen LogP contribution in [0.25, 0.3) is 0 Å². The molecule has 1 fully saturated rings. The van der Waals surface area contributed by atoms with Gasteiger partial charge in [0.05, 0.1) is 13.2 Å². The van der Waals surface area contributed by atoms with Crippen LogP contribution in [0.15, 0.2) is 18.3 Å². The zero-order valence-electron chi connectivity index (χ0n) is 15.7. The standard InChI is InChI=1S/C19H31N4O3/c1-21(9-10-22-7-3-2-4-8-22)19(26)18-6-5-17(15-20-18)16-23(11-13-24)12-14-25/h2,5-6,15,24-25H,3-4,7-14,16H2,1H3. The molecule has 0 saturated carbocycles. The summed E-state index contributed by atoms with van der Waals surface area (Å²) in [6.07, 6.45) is 6.27. The van der Waals surface area contributed by atoms with Gasteiger partial charge < -0.3 is 20.0 Å². The Balaban J connectivity index is 1.84. The third-order valence-electron chi connectivity index (χ3n) is 4.68. The van der Waals surface area contributed by atoms with Gasteiger partial charge in [0.25, 0.3) is 5.91 Å². The number of pyridine rings is 1. The van der Waals surface area contributed by atoms with Crippen molar-refractivity contribution in [2.75, 3.05) is 59.5 Å². The van der Waals surface area contributed by atoms with Crippen LogP contribution in [0.5, 0.6) is 0 Å². The molecule has 0 spiro atoms. The minimum Gasteiger partial charge on any atom is -0.395 e. The fourth-order valence-electron chi connectivity index (χ4n) is 3.07. The van der Waals surface area contributed by atoms with Crippen LogP contribution in [0.2, 0.25) is 0 Å². The molecule has 2 heterocycles. The number of carbonyl (C=O) groups is 1. The molecule has 145 valence electrons. The van der Waals surface area contributed by atoms with Gasteiger partial charge in [-0.15, -0.1) is 0 Å². The van der Waals surface area contributed by atoms with E-state index in [2.05, 4.69) is 16.3 Å². The minimum absolute atomic E-state index is 0.0455. The average molecular weight is 363 g/mol. The summed E-state index contributed by atoms with van der Waals surface area (Å²) in [6, 6.07) is 3.64. The lowest BCUT2D eigenvalue weighted by Gasteiger charge is -2.28. The van der Waals surface area contributed by atoms with E-state index in [1.807, 2.05) is 18.0 Å². The molecule has 0 aliphatic carbocycles. The molecule has 2 rings (SSSR count). The topological polar surface area (TPSA) is 80.1 Å². The summed E-state index contributed by atoms with van der Waals surface area (Å²) in [5, 5.41) is 18.1. The molecule has 1 aliphatic rings. The van der Waals surface area contributed by atoms with E-state index in [-0.39, 0.29) is 19.1 Å². The first-order valence-electron chi connectivity index (χ1n) is 9.32. The van der Waals surface area contributed by atoms with Crippen LogP contribution in [0.4, 0.5) is 0 Å². The Bertz CT molecular complexity index is 526. The predicted octanol–water partition coefficient (Wildman–Crippen LogP) is 0.240. The monoisotopic (exact) mass is 363 g/mol. The number of rotatable bonds is 10. The Morgan fingerprint density at radius 1 is 1.15 bits per heavy atom. The van der Waals surface area contributed by atoms with Gasteiger partial charge in [-0.25, -0.2) is 0 Å². The lowest BCUT2D eigenvalue weighted by Crippen LogP contribution is -2.39. The van der Waals surface area contributed by atoms with Crippen LogP contribution in [0, 0.1) is 6.42 Å². The molecule has 7 nitrogen and oxygen atoms in total. The Labute approximate surface area is 156 Å². The number of hydrogen-bond acceptors (Lipinski definition) is 6. The Kier molecular flexibility index (Phi) is 8.97. The first kappa shape index (κ1) is 20.8. The van der Waals surface area contributed by atoms with Gasteiger partial charge in [0.2, 0.25) is 0 Å². The quantitative estimate of drug-likeness (QED) is 0.620. The number of aliphatic hydroxyl groups is 2. The SMILES string of the molecule is CN(CCN1CC[CH]CC1)C(=O)c1ccc(CN(CCO)CCO)cn1. The van der Waals surface area contributed by atoms with Crippen LogP contribution < -0.4 is 0 Å². The fourth-order valence-corrected chi connectivity index (χ4v) is 3.07. The number of carbonyl (C=O) groups excluding carboxylic acids is 1. The van der Waals surface area contributed by atoms with E-state index in [1.165, 1.54) is 0 Å². The van der Waals surface area contributed by atoms with Crippen LogP contribution in [0.1, 0.15) is 28.9 Å². The van der Waals surface area contributed by atoms with Crippen LogP contribution in [0.3, 0.4) is 0 Å². The summed E-state index contributed by atoms with van der Waals surface area (Å²) in [5.74, 6) is -0.0669. The molecule has 1 aromatic heterocycles. The van der Waals surface area contributed by atoms with E-state index >= 15 is 0 Å². The van der Waals surface area contributed by atoms with Crippen molar-refractivity contribution in [2.24, 2.45) is 0 Å². The Morgan fingerprint density at radius 3 is 2.42 bits per heavy atom. The smallest absolute Gasteiger partial charge is 0.272 e. The first-order chi connectivity index (χ1) is 12.6. The summed E-state index contributed by atoms with van der Waals surface area (Å²) < 4.78 is 0. The molecule has 0 atom stereocenters. The molecule has 0 bridgehead atoms. The van der Waals surface area contributed by atoms with E-state index in [0.717, 1.165) is 38.0 Å². The molecule has 1 saturated heterocycles. The summed E-state index contributed by atoms with van der Waals surface area (Å²) >= 11 is 0. The lowest BCUT2D eigenvalue weighted by atomic mass is 10.1. The largest absolute Gasteiger partial charge is 0.395 e.